The van der Waals surface area contributed by atoms with Crippen molar-refractivity contribution in [2.24, 2.45) is 5.92 Å². The first kappa shape index (κ1) is 27.1. The second-order valence-electron chi connectivity index (χ2n) is 8.92. The van der Waals surface area contributed by atoms with Crippen LogP contribution in [0.4, 0.5) is 0 Å². The van der Waals surface area contributed by atoms with Crippen molar-refractivity contribution < 1.29 is 9.59 Å². The standard InChI is InChI=1S/C28H29Cl3N2O2/c1-19(2)17-32-28(35)26(15-20-6-4-3-5-7-20)33(18-21-8-11-23(29)12-9-21)27(34)16-22-10-13-24(30)25(31)14-22/h3-14,19,26H,15-18H2,1-2H3,(H,32,35)/t26-/m1/s1. The van der Waals surface area contributed by atoms with Gasteiger partial charge < -0.3 is 10.2 Å². The van der Waals surface area contributed by atoms with Crippen LogP contribution in [0.3, 0.4) is 0 Å². The Bertz CT molecular complexity index is 1130. The molecule has 3 rings (SSSR count). The number of benzene rings is 3. The van der Waals surface area contributed by atoms with Crippen LogP contribution in [0, 0.1) is 5.92 Å². The Hall–Kier alpha value is -2.53. The lowest BCUT2D eigenvalue weighted by atomic mass is 10.0. The Balaban J connectivity index is 1.95. The van der Waals surface area contributed by atoms with Crippen LogP contribution in [0.1, 0.15) is 30.5 Å². The van der Waals surface area contributed by atoms with Crippen molar-refractivity contribution in [1.82, 2.24) is 10.2 Å². The zero-order valence-corrected chi connectivity index (χ0v) is 22.1. The van der Waals surface area contributed by atoms with Crippen LogP contribution in [0.2, 0.25) is 15.1 Å². The molecule has 1 N–H and O–H groups in total. The SMILES string of the molecule is CC(C)CNC(=O)[C@@H](Cc1ccccc1)N(Cc1ccc(Cl)cc1)C(=O)Cc1ccc(Cl)c(Cl)c1. The normalized spacial score (nSPS) is 11.8. The fourth-order valence-corrected chi connectivity index (χ4v) is 4.14. The Kier molecular flexibility index (Phi) is 10.0. The minimum Gasteiger partial charge on any atom is -0.354 e. The lowest BCUT2D eigenvalue weighted by molar-refractivity contribution is -0.140. The minimum absolute atomic E-state index is 0.0905. The van der Waals surface area contributed by atoms with Gasteiger partial charge in [-0.25, -0.2) is 0 Å². The molecule has 1 atom stereocenters. The molecule has 3 aromatic carbocycles. The number of nitrogens with one attached hydrogen (secondary N) is 1. The monoisotopic (exact) mass is 530 g/mol. The Morgan fingerprint density at radius 1 is 0.829 bits per heavy atom. The van der Waals surface area contributed by atoms with Crippen molar-refractivity contribution in [2.45, 2.75) is 39.3 Å². The molecule has 7 heteroatoms. The van der Waals surface area contributed by atoms with E-state index in [0.717, 1.165) is 16.7 Å². The lowest BCUT2D eigenvalue weighted by Gasteiger charge is -2.32. The molecule has 0 radical (unpaired) electrons. The number of hydrogen-bond donors (Lipinski definition) is 1. The number of carbonyl (C=O) groups is 2. The summed E-state index contributed by atoms with van der Waals surface area (Å²) < 4.78 is 0. The smallest absolute Gasteiger partial charge is 0.243 e. The molecule has 0 unspecified atom stereocenters. The molecule has 184 valence electrons. The van der Waals surface area contributed by atoms with E-state index in [9.17, 15) is 9.59 Å². The van der Waals surface area contributed by atoms with E-state index < -0.39 is 6.04 Å². The van der Waals surface area contributed by atoms with Gasteiger partial charge in [-0.3, -0.25) is 9.59 Å². The molecule has 0 aliphatic carbocycles. The van der Waals surface area contributed by atoms with Crippen LogP contribution in [0.25, 0.3) is 0 Å². The zero-order valence-electron chi connectivity index (χ0n) is 19.8. The largest absolute Gasteiger partial charge is 0.354 e. The highest BCUT2D eigenvalue weighted by atomic mass is 35.5. The van der Waals surface area contributed by atoms with Gasteiger partial charge in [0.15, 0.2) is 0 Å². The van der Waals surface area contributed by atoms with Gasteiger partial charge in [-0.1, -0.05) is 97.2 Å². The summed E-state index contributed by atoms with van der Waals surface area (Å²) in [5.74, 6) is -0.0778. The molecular formula is C28H29Cl3N2O2. The summed E-state index contributed by atoms with van der Waals surface area (Å²) in [6.45, 7) is 4.87. The fraction of sp³-hybridized carbons (Fsp3) is 0.286. The number of carbonyl (C=O) groups excluding carboxylic acids is 2. The summed E-state index contributed by atoms with van der Waals surface area (Å²) in [6, 6.07) is 21.5. The number of rotatable bonds is 10. The van der Waals surface area contributed by atoms with E-state index in [2.05, 4.69) is 5.32 Å². The summed E-state index contributed by atoms with van der Waals surface area (Å²) in [6.07, 6.45) is 0.485. The first-order valence-corrected chi connectivity index (χ1v) is 12.7. The van der Waals surface area contributed by atoms with Gasteiger partial charge in [0.1, 0.15) is 6.04 Å². The van der Waals surface area contributed by atoms with E-state index in [-0.39, 0.29) is 30.7 Å². The van der Waals surface area contributed by atoms with E-state index in [1.54, 1.807) is 35.2 Å². The maximum Gasteiger partial charge on any atom is 0.243 e. The second kappa shape index (κ2) is 13.0. The maximum atomic E-state index is 13.7. The average Bonchev–Trinajstić information content (AvgIpc) is 2.84. The highest BCUT2D eigenvalue weighted by Gasteiger charge is 2.30. The third kappa shape index (κ3) is 8.28. The van der Waals surface area contributed by atoms with Gasteiger partial charge in [0.05, 0.1) is 16.5 Å². The highest BCUT2D eigenvalue weighted by molar-refractivity contribution is 6.42. The molecule has 3 aromatic rings. The lowest BCUT2D eigenvalue weighted by Crippen LogP contribution is -2.51. The van der Waals surface area contributed by atoms with Gasteiger partial charge in [-0.2, -0.15) is 0 Å². The first-order valence-electron chi connectivity index (χ1n) is 11.5. The predicted molar refractivity (Wildman–Crippen MR) is 144 cm³/mol. The molecule has 0 aliphatic heterocycles. The van der Waals surface area contributed by atoms with E-state index >= 15 is 0 Å². The van der Waals surface area contributed by atoms with Crippen LogP contribution in [0.15, 0.2) is 72.8 Å². The molecule has 0 spiro atoms. The molecule has 0 saturated heterocycles. The topological polar surface area (TPSA) is 49.4 Å². The second-order valence-corrected chi connectivity index (χ2v) is 10.2. The molecule has 0 saturated carbocycles. The maximum absolute atomic E-state index is 13.7. The highest BCUT2D eigenvalue weighted by Crippen LogP contribution is 2.24. The van der Waals surface area contributed by atoms with Crippen LogP contribution in [0.5, 0.6) is 0 Å². The minimum atomic E-state index is -0.692. The van der Waals surface area contributed by atoms with Crippen molar-refractivity contribution in [2.75, 3.05) is 6.54 Å². The summed E-state index contributed by atoms with van der Waals surface area (Å²) in [5, 5.41) is 4.44. The summed E-state index contributed by atoms with van der Waals surface area (Å²) in [4.78, 5) is 28.8. The van der Waals surface area contributed by atoms with E-state index in [4.69, 9.17) is 34.8 Å². The number of nitrogens with zero attached hydrogens (tertiary/aromatic N) is 1. The summed E-state index contributed by atoms with van der Waals surface area (Å²) in [7, 11) is 0. The first-order chi connectivity index (χ1) is 16.7. The third-order valence-corrected chi connectivity index (χ3v) is 6.55. The predicted octanol–water partition coefficient (Wildman–Crippen LogP) is 6.60. The average molecular weight is 532 g/mol. The molecule has 35 heavy (non-hydrogen) atoms. The molecular weight excluding hydrogens is 503 g/mol. The Labute approximate surface area is 222 Å². The van der Waals surface area contributed by atoms with E-state index in [1.807, 2.05) is 56.3 Å². The third-order valence-electron chi connectivity index (χ3n) is 5.56. The van der Waals surface area contributed by atoms with E-state index in [1.165, 1.54) is 0 Å². The molecule has 0 heterocycles. The van der Waals surface area contributed by atoms with Gasteiger partial charge in [-0.15, -0.1) is 0 Å². The van der Waals surface area contributed by atoms with Gasteiger partial charge in [0.25, 0.3) is 0 Å². The van der Waals surface area contributed by atoms with Crippen LogP contribution in [-0.2, 0) is 29.0 Å². The van der Waals surface area contributed by atoms with Gasteiger partial charge in [-0.05, 0) is 46.9 Å². The molecule has 0 aliphatic rings. The summed E-state index contributed by atoms with van der Waals surface area (Å²) >= 11 is 18.3. The summed E-state index contributed by atoms with van der Waals surface area (Å²) in [5.41, 5.74) is 2.58. The number of hydrogen-bond acceptors (Lipinski definition) is 2. The Morgan fingerprint density at radius 2 is 1.49 bits per heavy atom. The molecule has 0 bridgehead atoms. The van der Waals surface area contributed by atoms with Crippen molar-refractivity contribution in [3.8, 4) is 0 Å². The Morgan fingerprint density at radius 3 is 2.11 bits per heavy atom. The van der Waals surface area contributed by atoms with Crippen molar-refractivity contribution in [3.63, 3.8) is 0 Å². The van der Waals surface area contributed by atoms with Crippen molar-refractivity contribution in [3.05, 3.63) is 105 Å². The van der Waals surface area contributed by atoms with Crippen LogP contribution >= 0.6 is 34.8 Å². The fourth-order valence-electron chi connectivity index (χ4n) is 3.69. The number of halogens is 3. The molecule has 4 nitrogen and oxygen atoms in total. The van der Waals surface area contributed by atoms with Crippen molar-refractivity contribution in [1.29, 1.82) is 0 Å². The quantitative estimate of drug-likeness (QED) is 0.320. The van der Waals surface area contributed by atoms with Gasteiger partial charge in [0.2, 0.25) is 11.8 Å². The van der Waals surface area contributed by atoms with Gasteiger partial charge >= 0.3 is 0 Å². The van der Waals surface area contributed by atoms with Crippen molar-refractivity contribution >= 4 is 46.6 Å². The van der Waals surface area contributed by atoms with E-state index in [0.29, 0.717) is 28.0 Å². The molecule has 0 aromatic heterocycles. The van der Waals surface area contributed by atoms with Crippen LogP contribution in [-0.4, -0.2) is 29.3 Å². The molecule has 0 fully saturated rings. The number of amides is 2. The van der Waals surface area contributed by atoms with Gasteiger partial charge in [0, 0.05) is 24.5 Å². The molecule has 2 amide bonds. The zero-order chi connectivity index (χ0) is 25.4. The van der Waals surface area contributed by atoms with Crippen LogP contribution < -0.4 is 5.32 Å².